The average Bonchev–Trinajstić information content (AvgIpc) is 2.13. The van der Waals surface area contributed by atoms with Gasteiger partial charge in [-0.05, 0) is 6.42 Å². The van der Waals surface area contributed by atoms with Crippen LogP contribution in [0.1, 0.15) is 32.6 Å². The predicted octanol–water partition coefficient (Wildman–Crippen LogP) is 3.31. The van der Waals surface area contributed by atoms with Gasteiger partial charge in [0.05, 0.1) is 0 Å². The Morgan fingerprint density at radius 3 is 2.12 bits per heavy atom. The van der Waals surface area contributed by atoms with Crippen LogP contribution in [0.15, 0.2) is 0 Å². The molecule has 0 aliphatic carbocycles. The van der Waals surface area contributed by atoms with E-state index in [1.807, 2.05) is 6.92 Å². The van der Waals surface area contributed by atoms with Crippen LogP contribution < -0.4 is 0 Å². The van der Waals surface area contributed by atoms with Crippen LogP contribution in [0.4, 0.5) is 22.0 Å². The second-order valence-corrected chi connectivity index (χ2v) is 3.32. The van der Waals surface area contributed by atoms with Gasteiger partial charge in [0.2, 0.25) is 0 Å². The van der Waals surface area contributed by atoms with Crippen LogP contribution in [0.2, 0.25) is 0 Å². The quantitative estimate of drug-likeness (QED) is 0.409. The number of esters is 1. The van der Waals surface area contributed by atoms with Crippen LogP contribution in [0.3, 0.4) is 0 Å². The van der Waals surface area contributed by atoms with Gasteiger partial charge in [-0.15, -0.1) is 0 Å². The number of rotatable bonds is 6. The third-order valence-corrected chi connectivity index (χ3v) is 1.81. The molecule has 0 rings (SSSR count). The molecule has 0 fully saturated rings. The highest BCUT2D eigenvalue weighted by molar-refractivity contribution is 5.69. The standard InChI is InChI=1S/C9H13F5O2/c1-2-3-4-5-7(15)16-6-8(10,11)9(12,13)14/h2-6H2,1H3. The summed E-state index contributed by atoms with van der Waals surface area (Å²) in [6.45, 7) is -0.0788. The molecule has 0 amide bonds. The van der Waals surface area contributed by atoms with E-state index in [0.29, 0.717) is 12.8 Å². The molecule has 96 valence electrons. The summed E-state index contributed by atoms with van der Waals surface area (Å²) in [6, 6.07) is 0. The summed E-state index contributed by atoms with van der Waals surface area (Å²) >= 11 is 0. The molecule has 0 bridgehead atoms. The van der Waals surface area contributed by atoms with Crippen molar-refractivity contribution in [1.82, 2.24) is 0 Å². The van der Waals surface area contributed by atoms with Gasteiger partial charge >= 0.3 is 18.1 Å². The molecule has 0 heterocycles. The minimum absolute atomic E-state index is 0.137. The summed E-state index contributed by atoms with van der Waals surface area (Å²) in [6.07, 6.45) is -3.89. The number of unbranched alkanes of at least 4 members (excludes halogenated alkanes) is 2. The fourth-order valence-corrected chi connectivity index (χ4v) is 0.844. The second-order valence-electron chi connectivity index (χ2n) is 3.32. The molecular weight excluding hydrogens is 235 g/mol. The molecule has 0 aliphatic heterocycles. The Hall–Kier alpha value is -0.880. The molecule has 16 heavy (non-hydrogen) atoms. The Balaban J connectivity index is 3.92. The number of halogens is 5. The van der Waals surface area contributed by atoms with E-state index in [0.717, 1.165) is 6.42 Å². The molecule has 0 saturated heterocycles. The zero-order valence-electron chi connectivity index (χ0n) is 8.74. The maximum absolute atomic E-state index is 12.3. The van der Waals surface area contributed by atoms with Crippen molar-refractivity contribution < 1.29 is 31.5 Å². The van der Waals surface area contributed by atoms with E-state index in [9.17, 15) is 26.7 Å². The highest BCUT2D eigenvalue weighted by atomic mass is 19.4. The van der Waals surface area contributed by atoms with Gasteiger partial charge in [-0.2, -0.15) is 22.0 Å². The van der Waals surface area contributed by atoms with E-state index in [2.05, 4.69) is 4.74 Å². The topological polar surface area (TPSA) is 26.3 Å². The zero-order valence-corrected chi connectivity index (χ0v) is 8.74. The van der Waals surface area contributed by atoms with Crippen LogP contribution in [0, 0.1) is 0 Å². The van der Waals surface area contributed by atoms with Crippen molar-refractivity contribution in [2.24, 2.45) is 0 Å². The van der Waals surface area contributed by atoms with E-state index >= 15 is 0 Å². The molecule has 0 saturated carbocycles. The molecule has 0 N–H and O–H groups in total. The highest BCUT2D eigenvalue weighted by Gasteiger charge is 2.58. The van der Waals surface area contributed by atoms with E-state index in [1.165, 1.54) is 0 Å². The third kappa shape index (κ3) is 5.27. The van der Waals surface area contributed by atoms with Crippen LogP contribution >= 0.6 is 0 Å². The number of hydrogen-bond acceptors (Lipinski definition) is 2. The zero-order chi connectivity index (χ0) is 12.8. The molecule has 0 aliphatic rings. The first-order chi connectivity index (χ1) is 7.20. The first kappa shape index (κ1) is 15.1. The Morgan fingerprint density at radius 1 is 1.12 bits per heavy atom. The van der Waals surface area contributed by atoms with Crippen LogP contribution in [0.25, 0.3) is 0 Å². The summed E-state index contributed by atoms with van der Waals surface area (Å²) in [5.41, 5.74) is 0. The lowest BCUT2D eigenvalue weighted by Crippen LogP contribution is -2.41. The predicted molar refractivity (Wildman–Crippen MR) is 46.1 cm³/mol. The Bertz CT molecular complexity index is 224. The smallest absolute Gasteiger partial charge is 0.456 e. The van der Waals surface area contributed by atoms with E-state index in [4.69, 9.17) is 0 Å². The molecule has 2 nitrogen and oxygen atoms in total. The molecule has 0 aromatic rings. The SMILES string of the molecule is CCCCCC(=O)OCC(F)(F)C(F)(F)F. The van der Waals surface area contributed by atoms with Gasteiger partial charge < -0.3 is 4.74 Å². The van der Waals surface area contributed by atoms with Crippen molar-refractivity contribution in [3.63, 3.8) is 0 Å². The molecule has 0 spiro atoms. The first-order valence-electron chi connectivity index (χ1n) is 4.81. The minimum Gasteiger partial charge on any atom is -0.459 e. The molecule has 0 atom stereocenters. The van der Waals surface area contributed by atoms with Crippen LogP contribution in [-0.2, 0) is 9.53 Å². The molecule has 0 aromatic carbocycles. The summed E-state index contributed by atoms with van der Waals surface area (Å²) in [7, 11) is 0. The van der Waals surface area contributed by atoms with Gasteiger partial charge in [0.15, 0.2) is 6.61 Å². The summed E-state index contributed by atoms with van der Waals surface area (Å²) in [4.78, 5) is 10.8. The van der Waals surface area contributed by atoms with Crippen molar-refractivity contribution in [3.8, 4) is 0 Å². The van der Waals surface area contributed by atoms with E-state index < -0.39 is 24.7 Å². The van der Waals surface area contributed by atoms with Crippen molar-refractivity contribution in [1.29, 1.82) is 0 Å². The van der Waals surface area contributed by atoms with Crippen molar-refractivity contribution in [2.75, 3.05) is 6.61 Å². The minimum atomic E-state index is -5.68. The fraction of sp³-hybridized carbons (Fsp3) is 0.889. The molecule has 0 unspecified atom stereocenters. The van der Waals surface area contributed by atoms with E-state index in [1.54, 1.807) is 0 Å². The average molecular weight is 248 g/mol. The number of carbonyl (C=O) groups excluding carboxylic acids is 1. The number of alkyl halides is 5. The second kappa shape index (κ2) is 6.00. The lowest BCUT2D eigenvalue weighted by atomic mass is 10.2. The lowest BCUT2D eigenvalue weighted by Gasteiger charge is -2.18. The molecule has 0 aromatic heterocycles. The van der Waals surface area contributed by atoms with E-state index in [-0.39, 0.29) is 6.42 Å². The van der Waals surface area contributed by atoms with Gasteiger partial charge in [-0.1, -0.05) is 19.8 Å². The molecule has 7 heteroatoms. The highest BCUT2D eigenvalue weighted by Crippen LogP contribution is 2.35. The summed E-state index contributed by atoms with van der Waals surface area (Å²) < 4.78 is 63.4. The summed E-state index contributed by atoms with van der Waals surface area (Å²) in [5, 5.41) is 0. The summed E-state index contributed by atoms with van der Waals surface area (Å²) in [5.74, 6) is -6.01. The van der Waals surface area contributed by atoms with Gasteiger partial charge in [0.25, 0.3) is 0 Å². The number of hydrogen-bond donors (Lipinski definition) is 0. The number of ether oxygens (including phenoxy) is 1. The van der Waals surface area contributed by atoms with Gasteiger partial charge in [-0.3, -0.25) is 4.79 Å². The largest absolute Gasteiger partial charge is 0.459 e. The lowest BCUT2D eigenvalue weighted by molar-refractivity contribution is -0.294. The Kier molecular flexibility index (Phi) is 5.67. The normalized spacial score (nSPS) is 12.6. The van der Waals surface area contributed by atoms with Crippen molar-refractivity contribution >= 4 is 5.97 Å². The molecule has 0 radical (unpaired) electrons. The maximum atomic E-state index is 12.3. The van der Waals surface area contributed by atoms with Crippen molar-refractivity contribution in [3.05, 3.63) is 0 Å². The van der Waals surface area contributed by atoms with Gasteiger partial charge in [-0.25, -0.2) is 0 Å². The first-order valence-corrected chi connectivity index (χ1v) is 4.81. The van der Waals surface area contributed by atoms with Crippen LogP contribution in [-0.4, -0.2) is 24.7 Å². The van der Waals surface area contributed by atoms with Crippen molar-refractivity contribution in [2.45, 2.75) is 44.7 Å². The van der Waals surface area contributed by atoms with Crippen LogP contribution in [0.5, 0.6) is 0 Å². The maximum Gasteiger partial charge on any atom is 0.456 e. The monoisotopic (exact) mass is 248 g/mol. The third-order valence-electron chi connectivity index (χ3n) is 1.81. The molecular formula is C9H13F5O2. The Labute approximate surface area is 89.8 Å². The fourth-order valence-electron chi connectivity index (χ4n) is 0.844. The van der Waals surface area contributed by atoms with Gasteiger partial charge in [0.1, 0.15) is 0 Å². The Morgan fingerprint density at radius 2 is 1.69 bits per heavy atom. The number of carbonyl (C=O) groups is 1. The van der Waals surface area contributed by atoms with Gasteiger partial charge in [0, 0.05) is 6.42 Å².